The summed E-state index contributed by atoms with van der Waals surface area (Å²) in [6.07, 6.45) is 0.705. The minimum Gasteiger partial charge on any atom is -0.469 e. The zero-order valence-corrected chi connectivity index (χ0v) is 15.7. The van der Waals surface area contributed by atoms with E-state index in [1.165, 1.54) is 23.1 Å². The van der Waals surface area contributed by atoms with E-state index in [1.807, 2.05) is 18.2 Å². The number of amides is 1. The van der Waals surface area contributed by atoms with E-state index < -0.39 is 11.9 Å². The lowest BCUT2D eigenvalue weighted by Crippen LogP contribution is -2.29. The molecule has 8 heteroatoms. The summed E-state index contributed by atoms with van der Waals surface area (Å²) in [4.78, 5) is 35.3. The second kappa shape index (κ2) is 8.29. The van der Waals surface area contributed by atoms with Crippen LogP contribution < -0.4 is 5.32 Å². The minimum absolute atomic E-state index is 0.233. The maximum Gasteiger partial charge on any atom is 0.348 e. The Morgan fingerprint density at radius 3 is 2.73 bits per heavy atom. The standard InChI is InChI=1S/C18H17NO5S2/c1-23-16(21)7-4-8-19-15(20)10-24-18(22)14-9-13-17(26-14)11-5-2-3-6-12(11)25-13/h2-3,5-6,9H,4,7-8,10H2,1H3,(H,19,20). The van der Waals surface area contributed by atoms with Crippen molar-refractivity contribution in [3.63, 3.8) is 0 Å². The number of nitrogens with one attached hydrogen (secondary N) is 1. The minimum atomic E-state index is -0.507. The third-order valence-corrected chi connectivity index (χ3v) is 6.09. The van der Waals surface area contributed by atoms with E-state index in [0.29, 0.717) is 17.8 Å². The maximum atomic E-state index is 12.2. The first-order valence-corrected chi connectivity index (χ1v) is 9.63. The molecule has 0 atom stereocenters. The quantitative estimate of drug-likeness (QED) is 0.493. The summed E-state index contributed by atoms with van der Waals surface area (Å²) in [5.41, 5.74) is 0. The van der Waals surface area contributed by atoms with Crippen LogP contribution in [-0.4, -0.2) is 38.1 Å². The molecule has 0 radical (unpaired) electrons. The Hall–Kier alpha value is -2.45. The fourth-order valence-corrected chi connectivity index (χ4v) is 4.83. The van der Waals surface area contributed by atoms with Crippen LogP contribution >= 0.6 is 22.7 Å². The van der Waals surface area contributed by atoms with Gasteiger partial charge in [-0.2, -0.15) is 0 Å². The lowest BCUT2D eigenvalue weighted by molar-refractivity contribution is -0.140. The Labute approximate surface area is 157 Å². The largest absolute Gasteiger partial charge is 0.469 e. The Morgan fingerprint density at radius 1 is 1.12 bits per heavy atom. The summed E-state index contributed by atoms with van der Waals surface area (Å²) in [6.45, 7) is -0.0183. The van der Waals surface area contributed by atoms with Gasteiger partial charge in [0.25, 0.3) is 5.91 Å². The Bertz CT molecular complexity index is 959. The zero-order valence-electron chi connectivity index (χ0n) is 14.1. The fraction of sp³-hybridized carbons (Fsp3) is 0.278. The second-order valence-electron chi connectivity index (χ2n) is 5.51. The molecule has 26 heavy (non-hydrogen) atoms. The number of benzene rings is 1. The van der Waals surface area contributed by atoms with Gasteiger partial charge in [0.15, 0.2) is 6.61 Å². The maximum absolute atomic E-state index is 12.2. The van der Waals surface area contributed by atoms with Crippen molar-refractivity contribution in [3.8, 4) is 0 Å². The molecule has 2 aromatic heterocycles. The Morgan fingerprint density at radius 2 is 1.92 bits per heavy atom. The molecule has 0 bridgehead atoms. The molecule has 6 nitrogen and oxygen atoms in total. The summed E-state index contributed by atoms with van der Waals surface area (Å²) < 4.78 is 12.9. The van der Waals surface area contributed by atoms with Crippen LogP contribution in [0, 0.1) is 0 Å². The van der Waals surface area contributed by atoms with Crippen LogP contribution in [0.1, 0.15) is 22.5 Å². The highest BCUT2D eigenvalue weighted by atomic mass is 32.1. The highest BCUT2D eigenvalue weighted by molar-refractivity contribution is 7.33. The average molecular weight is 391 g/mol. The normalized spacial score (nSPS) is 10.8. The van der Waals surface area contributed by atoms with Gasteiger partial charge in [0.05, 0.1) is 11.8 Å². The molecular weight excluding hydrogens is 374 g/mol. The molecule has 0 unspecified atom stereocenters. The first-order valence-electron chi connectivity index (χ1n) is 8.00. The fourth-order valence-electron chi connectivity index (χ4n) is 2.42. The molecule has 0 fully saturated rings. The summed E-state index contributed by atoms with van der Waals surface area (Å²) in [5, 5.41) is 3.72. The summed E-state index contributed by atoms with van der Waals surface area (Å²) in [5.74, 6) is -1.23. The molecule has 1 aromatic carbocycles. The van der Waals surface area contributed by atoms with E-state index in [9.17, 15) is 14.4 Å². The first kappa shape index (κ1) is 18.3. The van der Waals surface area contributed by atoms with Crippen LogP contribution in [0.3, 0.4) is 0 Å². The van der Waals surface area contributed by atoms with Crippen molar-refractivity contribution in [1.29, 1.82) is 0 Å². The van der Waals surface area contributed by atoms with Gasteiger partial charge in [-0.1, -0.05) is 18.2 Å². The van der Waals surface area contributed by atoms with Crippen molar-refractivity contribution in [1.82, 2.24) is 5.32 Å². The topological polar surface area (TPSA) is 81.7 Å². The third kappa shape index (κ3) is 4.20. The van der Waals surface area contributed by atoms with Gasteiger partial charge >= 0.3 is 11.9 Å². The number of esters is 2. The van der Waals surface area contributed by atoms with Crippen LogP contribution in [0.5, 0.6) is 0 Å². The lowest BCUT2D eigenvalue weighted by Gasteiger charge is -2.05. The predicted octanol–water partition coefficient (Wildman–Crippen LogP) is 3.34. The van der Waals surface area contributed by atoms with Crippen molar-refractivity contribution in [3.05, 3.63) is 35.2 Å². The van der Waals surface area contributed by atoms with Gasteiger partial charge in [-0.3, -0.25) is 9.59 Å². The van der Waals surface area contributed by atoms with E-state index in [2.05, 4.69) is 16.1 Å². The van der Waals surface area contributed by atoms with E-state index in [1.54, 1.807) is 17.4 Å². The zero-order chi connectivity index (χ0) is 18.5. The Kier molecular flexibility index (Phi) is 5.85. The molecule has 0 aliphatic rings. The van der Waals surface area contributed by atoms with Crippen molar-refractivity contribution in [2.45, 2.75) is 12.8 Å². The number of hydrogen-bond donors (Lipinski definition) is 1. The smallest absolute Gasteiger partial charge is 0.348 e. The lowest BCUT2D eigenvalue weighted by atomic mass is 10.2. The Balaban J connectivity index is 1.51. The van der Waals surface area contributed by atoms with Gasteiger partial charge in [0.1, 0.15) is 4.88 Å². The van der Waals surface area contributed by atoms with Gasteiger partial charge in [0.2, 0.25) is 0 Å². The SMILES string of the molecule is COC(=O)CCCNC(=O)COC(=O)c1cc2sc3ccccc3c2s1. The molecular formula is C18H17NO5S2. The summed E-state index contributed by atoms with van der Waals surface area (Å²) >= 11 is 3.00. The molecule has 2 heterocycles. The number of rotatable bonds is 7. The van der Waals surface area contributed by atoms with Crippen molar-refractivity contribution >= 4 is 60.0 Å². The van der Waals surface area contributed by atoms with Crippen LogP contribution in [-0.2, 0) is 19.1 Å². The number of methoxy groups -OCH3 is 1. The molecule has 136 valence electrons. The van der Waals surface area contributed by atoms with Crippen molar-refractivity contribution in [2.75, 3.05) is 20.3 Å². The number of fused-ring (bicyclic) bond motifs is 3. The molecule has 1 amide bonds. The number of hydrogen-bond acceptors (Lipinski definition) is 7. The van der Waals surface area contributed by atoms with Crippen LogP contribution in [0.4, 0.5) is 0 Å². The molecule has 3 rings (SSSR count). The molecule has 0 spiro atoms. The molecule has 1 N–H and O–H groups in total. The van der Waals surface area contributed by atoms with Gasteiger partial charge in [-0.15, -0.1) is 22.7 Å². The van der Waals surface area contributed by atoms with E-state index in [-0.39, 0.29) is 19.0 Å². The average Bonchev–Trinajstić information content (AvgIpc) is 3.21. The van der Waals surface area contributed by atoms with Crippen LogP contribution in [0.25, 0.3) is 19.5 Å². The second-order valence-corrected chi connectivity index (χ2v) is 7.64. The first-order chi connectivity index (χ1) is 12.6. The number of carbonyl (C=O) groups is 3. The van der Waals surface area contributed by atoms with Crippen molar-refractivity contribution in [2.24, 2.45) is 0 Å². The molecule has 0 saturated carbocycles. The van der Waals surface area contributed by atoms with Crippen molar-refractivity contribution < 1.29 is 23.9 Å². The summed E-state index contributed by atoms with van der Waals surface area (Å²) in [6, 6.07) is 9.84. The van der Waals surface area contributed by atoms with Crippen LogP contribution in [0.2, 0.25) is 0 Å². The van der Waals surface area contributed by atoms with E-state index in [4.69, 9.17) is 4.74 Å². The van der Waals surface area contributed by atoms with Gasteiger partial charge in [0, 0.05) is 27.8 Å². The van der Waals surface area contributed by atoms with Crippen LogP contribution in [0.15, 0.2) is 30.3 Å². The molecule has 0 aliphatic heterocycles. The third-order valence-electron chi connectivity index (χ3n) is 3.69. The van der Waals surface area contributed by atoms with Gasteiger partial charge in [-0.05, 0) is 18.6 Å². The predicted molar refractivity (Wildman–Crippen MR) is 102 cm³/mol. The number of ether oxygens (including phenoxy) is 2. The van der Waals surface area contributed by atoms with Gasteiger partial charge in [-0.25, -0.2) is 4.79 Å². The highest BCUT2D eigenvalue weighted by Crippen LogP contribution is 2.39. The summed E-state index contributed by atoms with van der Waals surface area (Å²) in [7, 11) is 1.32. The molecule has 0 aliphatic carbocycles. The van der Waals surface area contributed by atoms with Gasteiger partial charge < -0.3 is 14.8 Å². The van der Waals surface area contributed by atoms with E-state index >= 15 is 0 Å². The molecule has 3 aromatic rings. The monoisotopic (exact) mass is 391 g/mol. The molecule has 0 saturated heterocycles. The number of carbonyl (C=O) groups excluding carboxylic acids is 3. The number of thiophene rings is 2. The van der Waals surface area contributed by atoms with E-state index in [0.717, 1.165) is 14.8 Å². The highest BCUT2D eigenvalue weighted by Gasteiger charge is 2.16.